The van der Waals surface area contributed by atoms with Crippen molar-refractivity contribution in [1.82, 2.24) is 15.1 Å². The fourth-order valence-electron chi connectivity index (χ4n) is 4.82. The first-order chi connectivity index (χ1) is 17.8. The van der Waals surface area contributed by atoms with Crippen LogP contribution in [-0.4, -0.2) is 59.9 Å². The Morgan fingerprint density at radius 1 is 1.11 bits per heavy atom. The lowest BCUT2D eigenvalue weighted by molar-refractivity contribution is -0.126. The van der Waals surface area contributed by atoms with Gasteiger partial charge in [0.15, 0.2) is 12.1 Å². The number of likely N-dealkylation sites (tertiary alicyclic amines) is 1. The second-order valence-corrected chi connectivity index (χ2v) is 10.1. The van der Waals surface area contributed by atoms with E-state index in [0.29, 0.717) is 29.8 Å². The molecule has 0 aliphatic carbocycles. The molecule has 2 unspecified atom stereocenters. The Morgan fingerprint density at radius 2 is 1.84 bits per heavy atom. The first kappa shape index (κ1) is 26.6. The molecule has 2 aromatic rings. The maximum atomic E-state index is 13.5. The second-order valence-electron chi connectivity index (χ2n) is 10.1. The van der Waals surface area contributed by atoms with Crippen molar-refractivity contribution in [2.45, 2.75) is 51.8 Å². The average molecular weight is 511 g/mol. The van der Waals surface area contributed by atoms with E-state index in [0.717, 1.165) is 32.5 Å². The van der Waals surface area contributed by atoms with Crippen LogP contribution in [0.25, 0.3) is 0 Å². The van der Waals surface area contributed by atoms with Crippen LogP contribution in [0.15, 0.2) is 48.5 Å². The van der Waals surface area contributed by atoms with Crippen molar-refractivity contribution in [2.75, 3.05) is 31.5 Å². The molecule has 2 N–H and O–H groups in total. The van der Waals surface area contributed by atoms with Gasteiger partial charge >= 0.3 is 6.09 Å². The molecule has 0 saturated carbocycles. The molecule has 2 aliphatic heterocycles. The topological polar surface area (TPSA) is 91.0 Å². The molecule has 198 valence electrons. The largest absolute Gasteiger partial charge is 0.438 e. The molecule has 2 saturated heterocycles. The summed E-state index contributed by atoms with van der Waals surface area (Å²) in [5.74, 6) is -0.582. The number of carbonyl (C=O) groups excluding carboxylic acids is 3. The summed E-state index contributed by atoms with van der Waals surface area (Å²) in [6.45, 7) is 7.29. The van der Waals surface area contributed by atoms with Crippen LogP contribution in [0.3, 0.4) is 0 Å². The van der Waals surface area contributed by atoms with Gasteiger partial charge in [0.05, 0.1) is 6.54 Å². The zero-order valence-corrected chi connectivity index (χ0v) is 21.4. The van der Waals surface area contributed by atoms with Crippen molar-refractivity contribution in [2.24, 2.45) is 5.92 Å². The minimum Gasteiger partial charge on any atom is -0.438 e. The smallest absolute Gasteiger partial charge is 0.411 e. The van der Waals surface area contributed by atoms with E-state index < -0.39 is 18.2 Å². The number of anilines is 1. The second kappa shape index (κ2) is 12.2. The number of carbonyl (C=O) groups is 3. The number of rotatable bonds is 10. The number of cyclic esters (lactones) is 1. The van der Waals surface area contributed by atoms with Gasteiger partial charge in [0.2, 0.25) is 11.8 Å². The fourth-order valence-corrected chi connectivity index (χ4v) is 4.82. The van der Waals surface area contributed by atoms with Crippen molar-refractivity contribution < 1.29 is 23.5 Å². The van der Waals surface area contributed by atoms with Gasteiger partial charge in [0.25, 0.3) is 0 Å². The summed E-state index contributed by atoms with van der Waals surface area (Å²) in [4.78, 5) is 42.4. The molecule has 2 aliphatic rings. The number of amides is 3. The minimum atomic E-state index is -0.919. The summed E-state index contributed by atoms with van der Waals surface area (Å²) >= 11 is 0. The Bertz CT molecular complexity index is 1100. The highest BCUT2D eigenvalue weighted by atomic mass is 19.1. The number of hydrogen-bond acceptors (Lipinski definition) is 5. The zero-order chi connectivity index (χ0) is 26.4. The van der Waals surface area contributed by atoms with E-state index in [-0.39, 0.29) is 30.1 Å². The molecule has 0 spiro atoms. The maximum Gasteiger partial charge on any atom is 0.411 e. The van der Waals surface area contributed by atoms with E-state index in [2.05, 4.69) is 15.5 Å². The molecular formula is C28H35FN4O4. The van der Waals surface area contributed by atoms with Gasteiger partial charge in [-0.05, 0) is 67.2 Å². The molecule has 9 heteroatoms. The third-order valence-corrected chi connectivity index (χ3v) is 6.64. The molecular weight excluding hydrogens is 475 g/mol. The van der Waals surface area contributed by atoms with E-state index in [9.17, 15) is 18.8 Å². The first-order valence-corrected chi connectivity index (χ1v) is 12.9. The van der Waals surface area contributed by atoms with Gasteiger partial charge < -0.3 is 20.3 Å². The quantitative estimate of drug-likeness (QED) is 0.503. The molecule has 0 aromatic heterocycles. The molecule has 8 nitrogen and oxygen atoms in total. The normalized spacial score (nSPS) is 19.8. The standard InChI is InChI=1S/C28H35FN4O4/c1-19(2)16-24(34)31-23-7-5-6-21(17-23)26-25(27(35)30-12-15-32-13-3-4-14-32)33(28(36)37-26)18-20-8-10-22(29)11-9-20/h5-11,17,19,25-26H,3-4,12-16,18H2,1-2H3,(H,30,35)(H,31,34). The van der Waals surface area contributed by atoms with E-state index in [4.69, 9.17) is 4.74 Å². The summed E-state index contributed by atoms with van der Waals surface area (Å²) in [6.07, 6.45) is 1.23. The monoisotopic (exact) mass is 510 g/mol. The average Bonchev–Trinajstić information content (AvgIpc) is 3.48. The van der Waals surface area contributed by atoms with Gasteiger partial charge in [-0.1, -0.05) is 38.1 Å². The van der Waals surface area contributed by atoms with Crippen LogP contribution in [0.5, 0.6) is 0 Å². The van der Waals surface area contributed by atoms with Crippen LogP contribution < -0.4 is 10.6 Å². The molecule has 2 atom stereocenters. The van der Waals surface area contributed by atoms with E-state index in [1.807, 2.05) is 13.8 Å². The minimum absolute atomic E-state index is 0.102. The van der Waals surface area contributed by atoms with Crippen LogP contribution in [0, 0.1) is 11.7 Å². The number of ether oxygens (including phenoxy) is 1. The Kier molecular flexibility index (Phi) is 8.76. The highest BCUT2D eigenvalue weighted by Crippen LogP contribution is 2.35. The highest BCUT2D eigenvalue weighted by molar-refractivity contribution is 5.91. The Hall–Kier alpha value is -3.46. The zero-order valence-electron chi connectivity index (χ0n) is 21.4. The number of hydrogen-bond donors (Lipinski definition) is 2. The first-order valence-electron chi connectivity index (χ1n) is 12.9. The third-order valence-electron chi connectivity index (χ3n) is 6.64. The molecule has 2 fully saturated rings. The summed E-state index contributed by atoms with van der Waals surface area (Å²) in [6, 6.07) is 11.9. The van der Waals surface area contributed by atoms with E-state index in [1.165, 1.54) is 17.0 Å². The van der Waals surface area contributed by atoms with Crippen LogP contribution >= 0.6 is 0 Å². The van der Waals surface area contributed by atoms with Gasteiger partial charge in [0.1, 0.15) is 5.82 Å². The van der Waals surface area contributed by atoms with E-state index in [1.54, 1.807) is 36.4 Å². The number of benzene rings is 2. The predicted molar refractivity (Wildman–Crippen MR) is 138 cm³/mol. The summed E-state index contributed by atoms with van der Waals surface area (Å²) in [5.41, 5.74) is 1.87. The van der Waals surface area contributed by atoms with Crippen molar-refractivity contribution in [3.8, 4) is 0 Å². The van der Waals surface area contributed by atoms with Crippen LogP contribution in [0.4, 0.5) is 14.9 Å². The summed E-state index contributed by atoms with van der Waals surface area (Å²) in [5, 5.41) is 5.86. The predicted octanol–water partition coefficient (Wildman–Crippen LogP) is 4.08. The lowest BCUT2D eigenvalue weighted by atomic mass is 10.00. The van der Waals surface area contributed by atoms with Crippen molar-refractivity contribution in [3.05, 3.63) is 65.5 Å². The molecule has 37 heavy (non-hydrogen) atoms. The van der Waals surface area contributed by atoms with Gasteiger partial charge in [-0.3, -0.25) is 14.5 Å². The van der Waals surface area contributed by atoms with Crippen molar-refractivity contribution in [3.63, 3.8) is 0 Å². The number of nitrogens with one attached hydrogen (secondary N) is 2. The van der Waals surface area contributed by atoms with Gasteiger partial charge in [0, 0.05) is 25.2 Å². The van der Waals surface area contributed by atoms with Gasteiger partial charge in [-0.25, -0.2) is 9.18 Å². The summed E-state index contributed by atoms with van der Waals surface area (Å²) in [7, 11) is 0. The summed E-state index contributed by atoms with van der Waals surface area (Å²) < 4.78 is 19.2. The molecule has 0 radical (unpaired) electrons. The third kappa shape index (κ3) is 7.07. The van der Waals surface area contributed by atoms with Gasteiger partial charge in [-0.2, -0.15) is 0 Å². The van der Waals surface area contributed by atoms with E-state index >= 15 is 0 Å². The molecule has 3 amide bonds. The highest BCUT2D eigenvalue weighted by Gasteiger charge is 2.47. The number of nitrogens with zero attached hydrogens (tertiary/aromatic N) is 2. The lowest BCUT2D eigenvalue weighted by Gasteiger charge is -2.25. The molecule has 2 aromatic carbocycles. The fraction of sp³-hybridized carbons (Fsp3) is 0.464. The molecule has 4 rings (SSSR count). The van der Waals surface area contributed by atoms with Crippen LogP contribution in [-0.2, 0) is 20.9 Å². The Morgan fingerprint density at radius 3 is 2.54 bits per heavy atom. The Labute approximate surface area is 217 Å². The lowest BCUT2D eigenvalue weighted by Crippen LogP contribution is -2.47. The Balaban J connectivity index is 1.54. The van der Waals surface area contributed by atoms with Gasteiger partial charge in [-0.15, -0.1) is 0 Å². The van der Waals surface area contributed by atoms with Crippen LogP contribution in [0.1, 0.15) is 50.3 Å². The van der Waals surface area contributed by atoms with Crippen molar-refractivity contribution >= 4 is 23.6 Å². The van der Waals surface area contributed by atoms with Crippen molar-refractivity contribution in [1.29, 1.82) is 0 Å². The van der Waals surface area contributed by atoms with Crippen LogP contribution in [0.2, 0.25) is 0 Å². The number of halogens is 1. The maximum absolute atomic E-state index is 13.5. The molecule has 2 heterocycles. The molecule has 0 bridgehead atoms. The SMILES string of the molecule is CC(C)CC(=O)Nc1cccc(C2OC(=O)N(Cc3ccc(F)cc3)C2C(=O)NCCN2CCCC2)c1.